The smallest absolute Gasteiger partial charge is 0.225 e. The van der Waals surface area contributed by atoms with Crippen LogP contribution >= 0.6 is 0 Å². The molecule has 7 nitrogen and oxygen atoms in total. The minimum absolute atomic E-state index is 0.0578. The lowest BCUT2D eigenvalue weighted by atomic mass is 9.62. The molecule has 1 aliphatic carbocycles. The van der Waals surface area contributed by atoms with Gasteiger partial charge in [0.25, 0.3) is 0 Å². The Bertz CT molecular complexity index is 1040. The number of benzene rings is 1. The van der Waals surface area contributed by atoms with E-state index in [9.17, 15) is 18.0 Å². The van der Waals surface area contributed by atoms with Crippen molar-refractivity contribution in [3.63, 3.8) is 0 Å². The standard InChI is InChI=1S/C23H27N3O4S/c27-21(10-14-31(29,30)19-8-2-1-3-9-19)26-16-20(23(17-26)11-6-12-23)22(28)25-15-18-7-4-5-13-24-18/h1-5,7-9,13,20H,6,10-12,14-17H2,(H,25,28). The Balaban J connectivity index is 1.36. The molecular weight excluding hydrogens is 414 g/mol. The van der Waals surface area contributed by atoms with Gasteiger partial charge >= 0.3 is 0 Å². The number of aromatic nitrogens is 1. The first-order chi connectivity index (χ1) is 14.9. The second-order valence-electron chi connectivity index (χ2n) is 8.46. The van der Waals surface area contributed by atoms with Crippen LogP contribution in [-0.4, -0.2) is 49.0 Å². The lowest BCUT2D eigenvalue weighted by Crippen LogP contribution is -2.45. The molecule has 31 heavy (non-hydrogen) atoms. The molecule has 1 aromatic heterocycles. The first-order valence-corrected chi connectivity index (χ1v) is 12.3. The van der Waals surface area contributed by atoms with Gasteiger partial charge in [-0.25, -0.2) is 8.42 Å². The van der Waals surface area contributed by atoms with Crippen LogP contribution < -0.4 is 5.32 Å². The molecule has 1 saturated heterocycles. The van der Waals surface area contributed by atoms with E-state index in [1.807, 2.05) is 18.2 Å². The molecule has 2 heterocycles. The molecule has 4 rings (SSSR count). The highest BCUT2D eigenvalue weighted by Crippen LogP contribution is 2.51. The lowest BCUT2D eigenvalue weighted by Gasteiger charge is -2.41. The van der Waals surface area contributed by atoms with Crippen LogP contribution in [0.3, 0.4) is 0 Å². The zero-order valence-corrected chi connectivity index (χ0v) is 18.2. The predicted molar refractivity (Wildman–Crippen MR) is 116 cm³/mol. The highest BCUT2D eigenvalue weighted by molar-refractivity contribution is 7.91. The van der Waals surface area contributed by atoms with Crippen molar-refractivity contribution in [3.05, 3.63) is 60.4 Å². The number of rotatable bonds is 7. The minimum atomic E-state index is -3.51. The van der Waals surface area contributed by atoms with Crippen LogP contribution in [0.25, 0.3) is 0 Å². The first kappa shape index (κ1) is 21.5. The van der Waals surface area contributed by atoms with Gasteiger partial charge in [0.1, 0.15) is 0 Å². The van der Waals surface area contributed by atoms with Crippen molar-refractivity contribution in [2.45, 2.75) is 37.1 Å². The number of sulfone groups is 1. The van der Waals surface area contributed by atoms with E-state index >= 15 is 0 Å². The van der Waals surface area contributed by atoms with Gasteiger partial charge in [0, 0.05) is 31.1 Å². The van der Waals surface area contributed by atoms with Crippen molar-refractivity contribution >= 4 is 21.7 Å². The van der Waals surface area contributed by atoms with E-state index in [-0.39, 0.29) is 40.2 Å². The van der Waals surface area contributed by atoms with Gasteiger partial charge in [0.05, 0.1) is 28.8 Å². The normalized spacial score (nSPS) is 19.7. The number of likely N-dealkylation sites (tertiary alicyclic amines) is 1. The van der Waals surface area contributed by atoms with E-state index in [0.29, 0.717) is 19.6 Å². The number of hydrogen-bond donors (Lipinski definition) is 1. The number of nitrogens with zero attached hydrogens (tertiary/aromatic N) is 2. The molecule has 1 N–H and O–H groups in total. The number of carbonyl (C=O) groups excluding carboxylic acids is 2. The number of carbonyl (C=O) groups is 2. The molecule has 2 amide bonds. The number of amides is 2. The quantitative estimate of drug-likeness (QED) is 0.711. The second kappa shape index (κ2) is 8.78. The molecule has 1 aliphatic heterocycles. The molecule has 0 bridgehead atoms. The fourth-order valence-electron chi connectivity index (χ4n) is 4.59. The van der Waals surface area contributed by atoms with Crippen molar-refractivity contribution in [1.29, 1.82) is 0 Å². The average molecular weight is 442 g/mol. The number of pyridine rings is 1. The summed E-state index contributed by atoms with van der Waals surface area (Å²) in [5, 5.41) is 2.97. The topological polar surface area (TPSA) is 96.4 Å². The first-order valence-electron chi connectivity index (χ1n) is 10.6. The van der Waals surface area contributed by atoms with Crippen LogP contribution in [0, 0.1) is 11.3 Å². The zero-order valence-electron chi connectivity index (χ0n) is 17.4. The maximum absolute atomic E-state index is 12.9. The zero-order chi connectivity index (χ0) is 21.9. The third-order valence-electron chi connectivity index (χ3n) is 6.52. The maximum atomic E-state index is 12.9. The van der Waals surface area contributed by atoms with Gasteiger partial charge in [-0.15, -0.1) is 0 Å². The maximum Gasteiger partial charge on any atom is 0.225 e. The molecule has 1 atom stereocenters. The molecule has 0 radical (unpaired) electrons. The molecule has 2 fully saturated rings. The molecular formula is C23H27N3O4S. The summed E-state index contributed by atoms with van der Waals surface area (Å²) in [6, 6.07) is 13.7. The number of hydrogen-bond acceptors (Lipinski definition) is 5. The van der Waals surface area contributed by atoms with Gasteiger partial charge in [0.2, 0.25) is 11.8 Å². The average Bonchev–Trinajstić information content (AvgIpc) is 3.19. The monoisotopic (exact) mass is 441 g/mol. The van der Waals surface area contributed by atoms with Crippen molar-refractivity contribution in [1.82, 2.24) is 15.2 Å². The third kappa shape index (κ3) is 4.63. The van der Waals surface area contributed by atoms with Crippen LogP contribution in [0.2, 0.25) is 0 Å². The largest absolute Gasteiger partial charge is 0.350 e. The van der Waals surface area contributed by atoms with Gasteiger partial charge in [0.15, 0.2) is 9.84 Å². The predicted octanol–water partition coefficient (Wildman–Crippen LogP) is 2.19. The van der Waals surface area contributed by atoms with Crippen LogP contribution in [0.1, 0.15) is 31.4 Å². The van der Waals surface area contributed by atoms with Gasteiger partial charge < -0.3 is 10.2 Å². The Hall–Kier alpha value is -2.74. The van der Waals surface area contributed by atoms with Gasteiger partial charge in [-0.1, -0.05) is 30.7 Å². The molecule has 2 aliphatic rings. The lowest BCUT2D eigenvalue weighted by molar-refractivity contribution is -0.130. The molecule has 164 valence electrons. The SMILES string of the molecule is O=C(NCc1ccccn1)C1CN(C(=O)CCS(=O)(=O)c2ccccc2)CC12CCC2. The summed E-state index contributed by atoms with van der Waals surface area (Å²) in [4.78, 5) is 31.9. The van der Waals surface area contributed by atoms with E-state index < -0.39 is 9.84 Å². The second-order valence-corrected chi connectivity index (χ2v) is 10.6. The highest BCUT2D eigenvalue weighted by Gasteiger charge is 2.54. The van der Waals surface area contributed by atoms with Crippen LogP contribution in [-0.2, 0) is 26.0 Å². The van der Waals surface area contributed by atoms with Gasteiger partial charge in [-0.05, 0) is 37.1 Å². The fourth-order valence-corrected chi connectivity index (χ4v) is 5.84. The van der Waals surface area contributed by atoms with Crippen LogP contribution in [0.15, 0.2) is 59.6 Å². The van der Waals surface area contributed by atoms with Crippen LogP contribution in [0.4, 0.5) is 0 Å². The van der Waals surface area contributed by atoms with E-state index in [1.165, 1.54) is 0 Å². The van der Waals surface area contributed by atoms with Crippen molar-refractivity contribution < 1.29 is 18.0 Å². The summed E-state index contributed by atoms with van der Waals surface area (Å²) in [6.45, 7) is 1.23. The molecule has 2 aromatic rings. The van der Waals surface area contributed by atoms with Gasteiger partial charge in [-0.2, -0.15) is 0 Å². The van der Waals surface area contributed by atoms with E-state index in [2.05, 4.69) is 10.3 Å². The third-order valence-corrected chi connectivity index (χ3v) is 8.26. The molecule has 1 saturated carbocycles. The van der Waals surface area contributed by atoms with E-state index in [1.54, 1.807) is 41.4 Å². The number of nitrogens with one attached hydrogen (secondary N) is 1. The molecule has 1 aromatic carbocycles. The summed E-state index contributed by atoms with van der Waals surface area (Å²) < 4.78 is 25.0. The summed E-state index contributed by atoms with van der Waals surface area (Å²) in [6.07, 6.45) is 4.50. The van der Waals surface area contributed by atoms with Crippen molar-refractivity contribution in [3.8, 4) is 0 Å². The molecule has 1 unspecified atom stereocenters. The minimum Gasteiger partial charge on any atom is -0.350 e. The van der Waals surface area contributed by atoms with E-state index in [0.717, 1.165) is 25.0 Å². The Morgan fingerprint density at radius 1 is 1.10 bits per heavy atom. The van der Waals surface area contributed by atoms with Crippen molar-refractivity contribution in [2.75, 3.05) is 18.8 Å². The van der Waals surface area contributed by atoms with Crippen LogP contribution in [0.5, 0.6) is 0 Å². The summed E-state index contributed by atoms with van der Waals surface area (Å²) >= 11 is 0. The fraction of sp³-hybridized carbons (Fsp3) is 0.435. The Labute approximate surface area is 182 Å². The molecule has 1 spiro atoms. The molecule has 8 heteroatoms. The highest BCUT2D eigenvalue weighted by atomic mass is 32.2. The summed E-state index contributed by atoms with van der Waals surface area (Å²) in [5.41, 5.74) is 0.609. The summed E-state index contributed by atoms with van der Waals surface area (Å²) in [5.74, 6) is -0.751. The Kier molecular flexibility index (Phi) is 6.09. The van der Waals surface area contributed by atoms with Gasteiger partial charge in [-0.3, -0.25) is 14.6 Å². The summed E-state index contributed by atoms with van der Waals surface area (Å²) in [7, 11) is -3.51. The Morgan fingerprint density at radius 3 is 2.48 bits per heavy atom. The van der Waals surface area contributed by atoms with E-state index in [4.69, 9.17) is 0 Å². The Morgan fingerprint density at radius 2 is 1.84 bits per heavy atom. The van der Waals surface area contributed by atoms with Crippen molar-refractivity contribution in [2.24, 2.45) is 11.3 Å².